The number of nitrogens with one attached hydrogen (secondary N) is 1. The Hall–Kier alpha value is -3.55. The molecule has 0 aliphatic heterocycles. The molecule has 1 nitrogen and oxygen atoms in total. The molecular weight excluding hydrogens is 410 g/mol. The minimum Gasteiger partial charge on any atom is -0.354 e. The maximum absolute atomic E-state index is 6.50. The van der Waals surface area contributed by atoms with Crippen molar-refractivity contribution in [2.24, 2.45) is 0 Å². The topological polar surface area (TPSA) is 12.0 Å². The average molecular weight is 430 g/mol. The SMILES string of the molecule is Clc1ccccc1Nc1cc2ccc3c(c2c2c1Cc1ccccc1-2)-c1ccccc1C3. The summed E-state index contributed by atoms with van der Waals surface area (Å²) in [6.45, 7) is 0. The predicted molar refractivity (Wildman–Crippen MR) is 135 cm³/mol. The fraction of sp³-hybridized carbons (Fsp3) is 0.0667. The molecule has 0 radical (unpaired) electrons. The van der Waals surface area contributed by atoms with Gasteiger partial charge in [0.25, 0.3) is 0 Å². The Labute approximate surface area is 192 Å². The van der Waals surface area contributed by atoms with Gasteiger partial charge in [0.15, 0.2) is 0 Å². The second-order valence-corrected chi connectivity index (χ2v) is 9.16. The van der Waals surface area contributed by atoms with Crippen LogP contribution in [0.3, 0.4) is 0 Å². The third kappa shape index (κ3) is 2.52. The van der Waals surface area contributed by atoms with Crippen LogP contribution in [0.4, 0.5) is 11.4 Å². The number of halogens is 1. The molecule has 0 bridgehead atoms. The van der Waals surface area contributed by atoms with Gasteiger partial charge in [-0.3, -0.25) is 0 Å². The Balaban J connectivity index is 1.56. The smallest absolute Gasteiger partial charge is 0.0640 e. The third-order valence-electron chi connectivity index (χ3n) is 6.97. The molecule has 0 aromatic heterocycles. The summed E-state index contributed by atoms with van der Waals surface area (Å²) < 4.78 is 0. The van der Waals surface area contributed by atoms with Gasteiger partial charge in [0.2, 0.25) is 0 Å². The maximum Gasteiger partial charge on any atom is 0.0640 e. The van der Waals surface area contributed by atoms with Crippen molar-refractivity contribution in [3.63, 3.8) is 0 Å². The Morgan fingerprint density at radius 3 is 2.09 bits per heavy atom. The van der Waals surface area contributed by atoms with E-state index in [0.717, 1.165) is 29.2 Å². The number of rotatable bonds is 2. The molecule has 2 aliphatic carbocycles. The summed E-state index contributed by atoms with van der Waals surface area (Å²) in [4.78, 5) is 0. The molecule has 7 rings (SSSR count). The second-order valence-electron chi connectivity index (χ2n) is 8.75. The lowest BCUT2D eigenvalue weighted by atomic mass is 9.90. The quantitative estimate of drug-likeness (QED) is 0.291. The van der Waals surface area contributed by atoms with Gasteiger partial charge >= 0.3 is 0 Å². The highest BCUT2D eigenvalue weighted by Crippen LogP contribution is 2.51. The molecular formula is C30H20ClN. The lowest BCUT2D eigenvalue weighted by Gasteiger charge is -2.18. The molecule has 0 amide bonds. The van der Waals surface area contributed by atoms with Crippen LogP contribution < -0.4 is 5.32 Å². The standard InChI is InChI=1S/C30H20ClN/c31-25-11-5-6-12-26(25)32-27-17-21-14-13-20-15-18-7-1-3-9-22(18)28(20)29(21)30-23-10-4-2-8-19(23)16-24(27)30/h1-14,17,32H,15-16H2. The number of anilines is 2. The zero-order valence-electron chi connectivity index (χ0n) is 17.5. The van der Waals surface area contributed by atoms with Crippen LogP contribution in [0.2, 0.25) is 5.02 Å². The van der Waals surface area contributed by atoms with E-state index >= 15 is 0 Å². The first-order valence-electron chi connectivity index (χ1n) is 11.1. The molecule has 2 heteroatoms. The molecule has 1 N–H and O–H groups in total. The van der Waals surface area contributed by atoms with E-state index in [2.05, 4.69) is 72.0 Å². The van der Waals surface area contributed by atoms with Gasteiger partial charge in [-0.05, 0) is 79.9 Å². The van der Waals surface area contributed by atoms with Crippen LogP contribution in [0.1, 0.15) is 22.3 Å². The molecule has 0 spiro atoms. The van der Waals surface area contributed by atoms with Gasteiger partial charge in [0.05, 0.1) is 10.7 Å². The molecule has 0 saturated heterocycles. The molecule has 152 valence electrons. The Kier molecular flexibility index (Phi) is 3.79. The van der Waals surface area contributed by atoms with Crippen LogP contribution in [-0.4, -0.2) is 0 Å². The van der Waals surface area contributed by atoms with Gasteiger partial charge < -0.3 is 5.32 Å². The van der Waals surface area contributed by atoms with Crippen molar-refractivity contribution >= 4 is 33.7 Å². The number of hydrogen-bond acceptors (Lipinski definition) is 1. The third-order valence-corrected chi connectivity index (χ3v) is 7.29. The van der Waals surface area contributed by atoms with Gasteiger partial charge in [0.1, 0.15) is 0 Å². The zero-order chi connectivity index (χ0) is 21.2. The zero-order valence-corrected chi connectivity index (χ0v) is 18.2. The highest BCUT2D eigenvalue weighted by Gasteiger charge is 2.29. The van der Waals surface area contributed by atoms with Crippen molar-refractivity contribution in [1.29, 1.82) is 0 Å². The highest BCUT2D eigenvalue weighted by molar-refractivity contribution is 6.33. The van der Waals surface area contributed by atoms with Gasteiger partial charge in [0, 0.05) is 12.1 Å². The van der Waals surface area contributed by atoms with Crippen LogP contribution in [0.5, 0.6) is 0 Å². The average Bonchev–Trinajstić information content (AvgIpc) is 3.39. The Bertz CT molecular complexity index is 1560. The van der Waals surface area contributed by atoms with E-state index in [4.69, 9.17) is 11.6 Å². The Morgan fingerprint density at radius 2 is 1.28 bits per heavy atom. The van der Waals surface area contributed by atoms with E-state index in [-0.39, 0.29) is 0 Å². The van der Waals surface area contributed by atoms with Crippen LogP contribution in [0.25, 0.3) is 33.0 Å². The van der Waals surface area contributed by atoms with Crippen molar-refractivity contribution in [1.82, 2.24) is 0 Å². The number of hydrogen-bond donors (Lipinski definition) is 1. The molecule has 32 heavy (non-hydrogen) atoms. The van der Waals surface area contributed by atoms with Crippen molar-refractivity contribution in [3.05, 3.63) is 118 Å². The van der Waals surface area contributed by atoms with Crippen molar-refractivity contribution in [2.75, 3.05) is 5.32 Å². The minimum absolute atomic E-state index is 0.736. The van der Waals surface area contributed by atoms with E-state index < -0.39 is 0 Å². The summed E-state index contributed by atoms with van der Waals surface area (Å²) in [5.41, 5.74) is 13.2. The predicted octanol–water partition coefficient (Wildman–Crippen LogP) is 8.38. The molecule has 2 aliphatic rings. The van der Waals surface area contributed by atoms with Gasteiger partial charge in [-0.2, -0.15) is 0 Å². The van der Waals surface area contributed by atoms with Gasteiger partial charge in [-0.15, -0.1) is 0 Å². The fourth-order valence-corrected chi connectivity index (χ4v) is 5.75. The maximum atomic E-state index is 6.50. The van der Waals surface area contributed by atoms with Crippen molar-refractivity contribution < 1.29 is 0 Å². The molecule has 5 aromatic rings. The second kappa shape index (κ2) is 6.72. The monoisotopic (exact) mass is 429 g/mol. The van der Waals surface area contributed by atoms with E-state index in [1.165, 1.54) is 55.3 Å². The van der Waals surface area contributed by atoms with Crippen LogP contribution in [0, 0.1) is 0 Å². The number of benzene rings is 5. The molecule has 0 fully saturated rings. The first-order chi connectivity index (χ1) is 15.8. The molecule has 0 heterocycles. The molecule has 0 saturated carbocycles. The van der Waals surface area contributed by atoms with E-state index in [9.17, 15) is 0 Å². The van der Waals surface area contributed by atoms with Crippen LogP contribution in [-0.2, 0) is 12.8 Å². The van der Waals surface area contributed by atoms with E-state index in [0.29, 0.717) is 0 Å². The molecule has 0 atom stereocenters. The summed E-state index contributed by atoms with van der Waals surface area (Å²) in [6.07, 6.45) is 1.94. The first kappa shape index (κ1) is 18.1. The fourth-order valence-electron chi connectivity index (χ4n) is 5.57. The summed E-state index contributed by atoms with van der Waals surface area (Å²) in [5, 5.41) is 7.05. The van der Waals surface area contributed by atoms with E-state index in [1.807, 2.05) is 24.3 Å². The van der Waals surface area contributed by atoms with Crippen LogP contribution >= 0.6 is 11.6 Å². The summed E-state index contributed by atoms with van der Waals surface area (Å²) in [5.74, 6) is 0. The normalized spacial score (nSPS) is 12.9. The minimum atomic E-state index is 0.736. The summed E-state index contributed by atoms with van der Waals surface area (Å²) in [7, 11) is 0. The molecule has 0 unspecified atom stereocenters. The summed E-state index contributed by atoms with van der Waals surface area (Å²) in [6, 6.07) is 32.6. The van der Waals surface area contributed by atoms with Gasteiger partial charge in [-0.1, -0.05) is 84.4 Å². The largest absolute Gasteiger partial charge is 0.354 e. The lowest BCUT2D eigenvalue weighted by molar-refractivity contribution is 1.26. The van der Waals surface area contributed by atoms with Crippen molar-refractivity contribution in [2.45, 2.75) is 12.8 Å². The van der Waals surface area contributed by atoms with E-state index in [1.54, 1.807) is 0 Å². The summed E-state index contributed by atoms with van der Waals surface area (Å²) >= 11 is 6.50. The number of para-hydroxylation sites is 1. The van der Waals surface area contributed by atoms with Gasteiger partial charge in [-0.25, -0.2) is 0 Å². The molecule has 5 aromatic carbocycles. The Morgan fingerprint density at radius 1 is 0.594 bits per heavy atom. The number of fused-ring (bicyclic) bond motifs is 9. The highest BCUT2D eigenvalue weighted by atomic mass is 35.5. The first-order valence-corrected chi connectivity index (χ1v) is 11.5. The van der Waals surface area contributed by atoms with Crippen LogP contribution in [0.15, 0.2) is 91.0 Å². The van der Waals surface area contributed by atoms with Crippen molar-refractivity contribution in [3.8, 4) is 22.3 Å². The lowest BCUT2D eigenvalue weighted by Crippen LogP contribution is -1.98.